The zero-order chi connectivity index (χ0) is 10.8. The molecule has 0 saturated heterocycles. The number of hydrogen-bond acceptors (Lipinski definition) is 0. The summed E-state index contributed by atoms with van der Waals surface area (Å²) in [5, 5.41) is 0. The van der Waals surface area contributed by atoms with Crippen LogP contribution in [0.5, 0.6) is 0 Å². The molecular formula is C14H30. The topological polar surface area (TPSA) is 0 Å². The summed E-state index contributed by atoms with van der Waals surface area (Å²) in [6.07, 6.45) is 11.6. The third-order valence-electron chi connectivity index (χ3n) is 3.10. The van der Waals surface area contributed by atoms with E-state index >= 15 is 0 Å². The maximum absolute atomic E-state index is 2.40. The maximum Gasteiger partial charge on any atom is -0.0414 e. The molecule has 0 heterocycles. The van der Waals surface area contributed by atoms with Crippen molar-refractivity contribution in [2.45, 2.75) is 79.1 Å². The first-order valence-corrected chi connectivity index (χ1v) is 6.74. The lowest BCUT2D eigenvalue weighted by Crippen LogP contribution is -2.11. The lowest BCUT2D eigenvalue weighted by Gasteiger charge is -2.25. The van der Waals surface area contributed by atoms with Crippen molar-refractivity contribution in [3.8, 4) is 0 Å². The minimum Gasteiger partial charge on any atom is -0.0656 e. The highest BCUT2D eigenvalue weighted by Gasteiger charge is 2.16. The fourth-order valence-corrected chi connectivity index (χ4v) is 2.11. The molecule has 1 rings (SSSR count). The van der Waals surface area contributed by atoms with E-state index in [-0.39, 0.29) is 0 Å². The Morgan fingerprint density at radius 3 is 1.86 bits per heavy atom. The van der Waals surface area contributed by atoms with Gasteiger partial charge in [0.15, 0.2) is 0 Å². The summed E-state index contributed by atoms with van der Waals surface area (Å²) in [6.45, 7) is 8.95. The molecule has 86 valence electrons. The third-order valence-corrected chi connectivity index (χ3v) is 3.10. The lowest BCUT2D eigenvalue weighted by atomic mass is 9.81. The molecule has 0 radical (unpaired) electrons. The largest absolute Gasteiger partial charge is 0.0656 e. The standard InChI is InChI=1S/C11H22.C3H8/c1-3-4-5-11-8-6-10(2)7-9-11;1-3-2/h10-11H,3-9H2,1-2H3;3H2,1-2H3. The highest BCUT2D eigenvalue weighted by atomic mass is 14.2. The molecule has 1 fully saturated rings. The molecule has 14 heavy (non-hydrogen) atoms. The summed E-state index contributed by atoms with van der Waals surface area (Å²) < 4.78 is 0. The summed E-state index contributed by atoms with van der Waals surface area (Å²) in [7, 11) is 0. The second-order valence-corrected chi connectivity index (χ2v) is 4.98. The zero-order valence-electron chi connectivity index (χ0n) is 10.8. The average Bonchev–Trinajstić information content (AvgIpc) is 2.18. The van der Waals surface area contributed by atoms with Gasteiger partial charge in [0.25, 0.3) is 0 Å². The molecule has 0 heteroatoms. The summed E-state index contributed by atoms with van der Waals surface area (Å²) in [4.78, 5) is 0. The van der Waals surface area contributed by atoms with E-state index < -0.39 is 0 Å². The first-order chi connectivity index (χ1) is 6.74. The molecular weight excluding hydrogens is 168 g/mol. The van der Waals surface area contributed by atoms with Gasteiger partial charge in [-0.15, -0.1) is 0 Å². The highest BCUT2D eigenvalue weighted by Crippen LogP contribution is 2.31. The third kappa shape index (κ3) is 7.41. The first kappa shape index (κ1) is 14.0. The summed E-state index contributed by atoms with van der Waals surface area (Å²) in [6, 6.07) is 0. The van der Waals surface area contributed by atoms with E-state index in [0.29, 0.717) is 0 Å². The Balaban J connectivity index is 0.000000500. The van der Waals surface area contributed by atoms with Crippen LogP contribution in [0.4, 0.5) is 0 Å². The quantitative estimate of drug-likeness (QED) is 0.568. The van der Waals surface area contributed by atoms with E-state index in [1.165, 1.54) is 51.4 Å². The first-order valence-electron chi connectivity index (χ1n) is 6.74. The van der Waals surface area contributed by atoms with Crippen LogP contribution in [0, 0.1) is 11.8 Å². The molecule has 1 aliphatic carbocycles. The van der Waals surface area contributed by atoms with Crippen molar-refractivity contribution in [3.63, 3.8) is 0 Å². The number of unbranched alkanes of at least 4 members (excludes halogenated alkanes) is 1. The Kier molecular flexibility index (Phi) is 9.55. The Morgan fingerprint density at radius 1 is 0.929 bits per heavy atom. The van der Waals surface area contributed by atoms with Crippen LogP contribution in [-0.4, -0.2) is 0 Å². The molecule has 0 spiro atoms. The molecule has 0 atom stereocenters. The molecule has 0 aromatic heterocycles. The SMILES string of the molecule is CCC.CCCCC1CCC(C)CC1. The van der Waals surface area contributed by atoms with Crippen molar-refractivity contribution in [2.24, 2.45) is 11.8 Å². The second kappa shape index (κ2) is 9.55. The fraction of sp³-hybridized carbons (Fsp3) is 1.00. The molecule has 0 aliphatic heterocycles. The van der Waals surface area contributed by atoms with Gasteiger partial charge in [-0.05, 0) is 11.8 Å². The fourth-order valence-electron chi connectivity index (χ4n) is 2.11. The molecule has 0 unspecified atom stereocenters. The van der Waals surface area contributed by atoms with Crippen LogP contribution in [0.25, 0.3) is 0 Å². The summed E-state index contributed by atoms with van der Waals surface area (Å²) in [5.74, 6) is 2.11. The lowest BCUT2D eigenvalue weighted by molar-refractivity contribution is 0.273. The van der Waals surface area contributed by atoms with Gasteiger partial charge in [0.2, 0.25) is 0 Å². The van der Waals surface area contributed by atoms with E-state index in [2.05, 4.69) is 27.7 Å². The molecule has 1 aliphatic rings. The number of hydrogen-bond donors (Lipinski definition) is 0. The van der Waals surface area contributed by atoms with Gasteiger partial charge in [0.05, 0.1) is 0 Å². The van der Waals surface area contributed by atoms with E-state index in [9.17, 15) is 0 Å². The van der Waals surface area contributed by atoms with Gasteiger partial charge < -0.3 is 0 Å². The predicted molar refractivity (Wildman–Crippen MR) is 66.6 cm³/mol. The molecule has 0 bridgehead atoms. The molecule has 1 saturated carbocycles. The van der Waals surface area contributed by atoms with E-state index in [1.54, 1.807) is 0 Å². The van der Waals surface area contributed by atoms with Gasteiger partial charge >= 0.3 is 0 Å². The monoisotopic (exact) mass is 198 g/mol. The Morgan fingerprint density at radius 2 is 1.43 bits per heavy atom. The van der Waals surface area contributed by atoms with Crippen LogP contribution in [0.3, 0.4) is 0 Å². The average molecular weight is 198 g/mol. The van der Waals surface area contributed by atoms with Crippen molar-refractivity contribution in [1.82, 2.24) is 0 Å². The molecule has 0 nitrogen and oxygen atoms in total. The van der Waals surface area contributed by atoms with Crippen LogP contribution < -0.4 is 0 Å². The van der Waals surface area contributed by atoms with Gasteiger partial charge in [-0.1, -0.05) is 79.1 Å². The zero-order valence-corrected chi connectivity index (χ0v) is 10.8. The van der Waals surface area contributed by atoms with Crippen molar-refractivity contribution < 1.29 is 0 Å². The molecule has 0 aromatic rings. The van der Waals surface area contributed by atoms with Gasteiger partial charge in [0.1, 0.15) is 0 Å². The maximum atomic E-state index is 2.40. The Bertz CT molecular complexity index is 95.9. The van der Waals surface area contributed by atoms with Crippen LogP contribution in [0.2, 0.25) is 0 Å². The smallest absolute Gasteiger partial charge is 0.0414 e. The van der Waals surface area contributed by atoms with Gasteiger partial charge in [-0.25, -0.2) is 0 Å². The molecule has 0 N–H and O–H groups in total. The minimum absolute atomic E-state index is 1.02. The summed E-state index contributed by atoms with van der Waals surface area (Å²) in [5.41, 5.74) is 0. The normalized spacial score (nSPS) is 26.6. The molecule has 0 aromatic carbocycles. The van der Waals surface area contributed by atoms with Crippen LogP contribution in [0.1, 0.15) is 79.1 Å². The van der Waals surface area contributed by atoms with Gasteiger partial charge in [0, 0.05) is 0 Å². The second-order valence-electron chi connectivity index (χ2n) is 4.98. The predicted octanol–water partition coefficient (Wildman–Crippen LogP) is 5.42. The van der Waals surface area contributed by atoms with Crippen LogP contribution >= 0.6 is 0 Å². The summed E-state index contributed by atoms with van der Waals surface area (Å²) >= 11 is 0. The van der Waals surface area contributed by atoms with Gasteiger partial charge in [-0.3, -0.25) is 0 Å². The van der Waals surface area contributed by atoms with Crippen LogP contribution in [0.15, 0.2) is 0 Å². The van der Waals surface area contributed by atoms with Gasteiger partial charge in [-0.2, -0.15) is 0 Å². The minimum atomic E-state index is 1.02. The van der Waals surface area contributed by atoms with E-state index in [1.807, 2.05) is 0 Å². The van der Waals surface area contributed by atoms with Crippen molar-refractivity contribution in [2.75, 3.05) is 0 Å². The molecule has 0 amide bonds. The Hall–Kier alpha value is 0. The van der Waals surface area contributed by atoms with Crippen LogP contribution in [-0.2, 0) is 0 Å². The van der Waals surface area contributed by atoms with E-state index in [4.69, 9.17) is 0 Å². The van der Waals surface area contributed by atoms with E-state index in [0.717, 1.165) is 11.8 Å². The van der Waals surface area contributed by atoms with Crippen molar-refractivity contribution in [1.29, 1.82) is 0 Å². The van der Waals surface area contributed by atoms with Crippen molar-refractivity contribution >= 4 is 0 Å². The Labute approximate surface area is 91.5 Å². The van der Waals surface area contributed by atoms with Crippen molar-refractivity contribution in [3.05, 3.63) is 0 Å². The highest BCUT2D eigenvalue weighted by molar-refractivity contribution is 4.69. The number of rotatable bonds is 3.